The van der Waals surface area contributed by atoms with Crippen LogP contribution in [0.25, 0.3) is 0 Å². The molecule has 0 atom stereocenters. The number of ether oxygens (including phenoxy) is 1. The third-order valence-corrected chi connectivity index (χ3v) is 0.152. The van der Waals surface area contributed by atoms with Gasteiger partial charge in [-0.25, -0.2) is 0 Å². The van der Waals surface area contributed by atoms with Crippen LogP contribution < -0.4 is 0 Å². The first kappa shape index (κ1) is 9.51. The summed E-state index contributed by atoms with van der Waals surface area (Å²) in [5.74, 6) is 0. The average Bonchev–Trinajstić information content (AvgIpc) is 1.41. The van der Waals surface area contributed by atoms with Gasteiger partial charge in [0.25, 0.3) is 6.47 Å². The van der Waals surface area contributed by atoms with Crippen LogP contribution in [0.4, 0.5) is 0 Å². The van der Waals surface area contributed by atoms with Crippen LogP contribution in [0.2, 0.25) is 0 Å². The van der Waals surface area contributed by atoms with E-state index in [4.69, 9.17) is 4.79 Å². The second-order valence-electron chi connectivity index (χ2n) is 0.399. The summed E-state index contributed by atoms with van der Waals surface area (Å²) < 4.78 is 3.92. The van der Waals surface area contributed by atoms with E-state index in [1.165, 1.54) is 0 Å². The number of hydrogen-bond acceptors (Lipinski definition) is 2. The third-order valence-electron chi connectivity index (χ3n) is 0.152. The van der Waals surface area contributed by atoms with Crippen molar-refractivity contribution in [2.24, 2.45) is 0 Å². The van der Waals surface area contributed by atoms with Gasteiger partial charge in [-0.2, -0.15) is 0 Å². The van der Waals surface area contributed by atoms with E-state index in [1.54, 1.807) is 0 Å². The molecule has 0 N–H and O–H groups in total. The summed E-state index contributed by atoms with van der Waals surface area (Å²) in [6.07, 6.45) is 1.06. The van der Waals surface area contributed by atoms with Crippen molar-refractivity contribution in [1.29, 1.82) is 0 Å². The van der Waals surface area contributed by atoms with Gasteiger partial charge in [-0.15, -0.1) is 0 Å². The maximum absolute atomic E-state index is 9.11. The Kier molecular flexibility index (Phi) is 14.2. The summed E-state index contributed by atoms with van der Waals surface area (Å²) in [7, 11) is 0. The molecule has 0 unspecified atom stereocenters. The molecule has 0 aromatic rings. The SMILES string of the molecule is C=COC=O.[NaH]. The molecule has 0 saturated heterocycles. The quantitative estimate of drug-likeness (QED) is 0.267. The first-order valence-corrected chi connectivity index (χ1v) is 1.12. The number of rotatable bonds is 2. The zero-order chi connectivity index (χ0) is 4.12. The van der Waals surface area contributed by atoms with Gasteiger partial charge in [-0.3, -0.25) is 4.79 Å². The molecule has 30 valence electrons. The fourth-order valence-corrected chi connectivity index (χ4v) is 0.0393. The molecule has 3 heteroatoms. The zero-order valence-electron chi connectivity index (χ0n) is 2.68. The van der Waals surface area contributed by atoms with Crippen molar-refractivity contribution in [3.63, 3.8) is 0 Å². The summed E-state index contributed by atoms with van der Waals surface area (Å²) in [5, 5.41) is 0. The van der Waals surface area contributed by atoms with Crippen LogP contribution in [0.1, 0.15) is 0 Å². The van der Waals surface area contributed by atoms with Gasteiger partial charge < -0.3 is 4.74 Å². The van der Waals surface area contributed by atoms with E-state index >= 15 is 0 Å². The molecule has 0 rings (SSSR count). The first-order chi connectivity index (χ1) is 2.41. The second-order valence-corrected chi connectivity index (χ2v) is 0.399. The third kappa shape index (κ3) is 8.88. The summed E-state index contributed by atoms with van der Waals surface area (Å²) >= 11 is 0. The van der Waals surface area contributed by atoms with Crippen LogP contribution in [-0.2, 0) is 9.53 Å². The van der Waals surface area contributed by atoms with Crippen molar-refractivity contribution in [3.05, 3.63) is 12.8 Å². The number of hydrogen-bond donors (Lipinski definition) is 0. The fourth-order valence-electron chi connectivity index (χ4n) is 0.0393. The molecule has 2 nitrogen and oxygen atoms in total. The molecule has 0 bridgehead atoms. The van der Waals surface area contributed by atoms with E-state index < -0.39 is 0 Å². The van der Waals surface area contributed by atoms with E-state index in [-0.39, 0.29) is 29.6 Å². The van der Waals surface area contributed by atoms with Crippen molar-refractivity contribution in [3.8, 4) is 0 Å². The molecule has 0 saturated carbocycles. The van der Waals surface area contributed by atoms with Crippen molar-refractivity contribution in [1.82, 2.24) is 0 Å². The Bertz CT molecular complexity index is 38.1. The molecule has 0 amide bonds. The molecule has 0 radical (unpaired) electrons. The number of carbonyl (C=O) groups is 1. The Labute approximate surface area is 58.5 Å². The van der Waals surface area contributed by atoms with Crippen LogP contribution in [0.3, 0.4) is 0 Å². The van der Waals surface area contributed by atoms with Crippen LogP contribution >= 0.6 is 0 Å². The van der Waals surface area contributed by atoms with Crippen molar-refractivity contribution >= 4 is 36.0 Å². The predicted octanol–water partition coefficient (Wildman–Crippen LogP) is -0.346. The summed E-state index contributed by atoms with van der Waals surface area (Å²) in [5.41, 5.74) is 0. The monoisotopic (exact) mass is 96.0 g/mol. The summed E-state index contributed by atoms with van der Waals surface area (Å²) in [4.78, 5) is 9.11. The Morgan fingerprint density at radius 2 is 2.17 bits per heavy atom. The Morgan fingerprint density at radius 3 is 2.17 bits per heavy atom. The molecule has 0 heterocycles. The predicted molar refractivity (Wildman–Crippen MR) is 24.5 cm³/mol. The molecular formula is C3H5NaO2. The normalized spacial score (nSPS) is 4.67. The second kappa shape index (κ2) is 8.96. The van der Waals surface area contributed by atoms with Crippen LogP contribution in [0.5, 0.6) is 0 Å². The molecule has 0 fully saturated rings. The van der Waals surface area contributed by atoms with Gasteiger partial charge in [0.2, 0.25) is 0 Å². The molecule has 0 aliphatic rings. The molecule has 0 aromatic carbocycles. The van der Waals surface area contributed by atoms with Crippen molar-refractivity contribution in [2.75, 3.05) is 0 Å². The van der Waals surface area contributed by atoms with E-state index in [1.807, 2.05) is 0 Å². The van der Waals surface area contributed by atoms with Crippen LogP contribution in [-0.4, -0.2) is 36.0 Å². The average molecular weight is 96.1 g/mol. The molecule has 0 aliphatic carbocycles. The minimum absolute atomic E-state index is 0. The molecule has 6 heavy (non-hydrogen) atoms. The molecule has 0 spiro atoms. The van der Waals surface area contributed by atoms with Gasteiger partial charge in [-0.05, 0) is 0 Å². The van der Waals surface area contributed by atoms with Crippen LogP contribution in [0.15, 0.2) is 12.8 Å². The Balaban J connectivity index is 0. The van der Waals surface area contributed by atoms with Gasteiger partial charge in [0.05, 0.1) is 6.26 Å². The first-order valence-electron chi connectivity index (χ1n) is 1.12. The van der Waals surface area contributed by atoms with Crippen molar-refractivity contribution < 1.29 is 9.53 Å². The van der Waals surface area contributed by atoms with Crippen molar-refractivity contribution in [2.45, 2.75) is 0 Å². The standard InChI is InChI=1S/C3H4O2.Na.H/c1-2-5-3-4;;/h2-3H,1H2;;. The van der Waals surface area contributed by atoms with E-state index in [9.17, 15) is 0 Å². The number of carbonyl (C=O) groups excluding carboxylic acids is 1. The van der Waals surface area contributed by atoms with Gasteiger partial charge >= 0.3 is 29.6 Å². The molecular weight excluding hydrogens is 91.0 g/mol. The van der Waals surface area contributed by atoms with Gasteiger partial charge in [-0.1, -0.05) is 6.58 Å². The zero-order valence-corrected chi connectivity index (χ0v) is 2.68. The Hall–Kier alpha value is 0.210. The fraction of sp³-hybridized carbons (Fsp3) is 0. The van der Waals surface area contributed by atoms with E-state index in [0.717, 1.165) is 6.26 Å². The Morgan fingerprint density at radius 1 is 1.67 bits per heavy atom. The van der Waals surface area contributed by atoms with Gasteiger partial charge in [0.1, 0.15) is 0 Å². The van der Waals surface area contributed by atoms with Gasteiger partial charge in [0.15, 0.2) is 0 Å². The summed E-state index contributed by atoms with van der Waals surface area (Å²) in [6.45, 7) is 3.41. The molecule has 0 aliphatic heterocycles. The topological polar surface area (TPSA) is 26.3 Å². The maximum atomic E-state index is 9.11. The van der Waals surface area contributed by atoms with Gasteiger partial charge in [0, 0.05) is 0 Å². The summed E-state index contributed by atoms with van der Waals surface area (Å²) in [6, 6.07) is 0. The minimum atomic E-state index is 0. The molecule has 0 aromatic heterocycles. The van der Waals surface area contributed by atoms with E-state index in [0.29, 0.717) is 6.47 Å². The van der Waals surface area contributed by atoms with E-state index in [2.05, 4.69) is 11.3 Å². The van der Waals surface area contributed by atoms with Crippen LogP contribution in [0, 0.1) is 0 Å².